The molecule has 0 N–H and O–H groups in total. The van der Waals surface area contributed by atoms with E-state index in [9.17, 15) is 4.79 Å². The van der Waals surface area contributed by atoms with Gasteiger partial charge in [-0.1, -0.05) is 5.16 Å². The minimum Gasteiger partial charge on any atom is -0.335 e. The summed E-state index contributed by atoms with van der Waals surface area (Å²) in [7, 11) is 0. The fraction of sp³-hybridized carbons (Fsp3) is 0.250. The van der Waals surface area contributed by atoms with E-state index in [0.717, 1.165) is 11.1 Å². The smallest absolute Gasteiger partial charge is 0.261 e. The number of hydrogen-bond donors (Lipinski definition) is 0. The van der Waals surface area contributed by atoms with Crippen LogP contribution >= 0.6 is 0 Å². The lowest BCUT2D eigenvalue weighted by molar-refractivity contribution is -0.118. The topological polar surface area (TPSA) is 68.9 Å². The maximum absolute atomic E-state index is 11.2. The van der Waals surface area contributed by atoms with E-state index in [1.807, 2.05) is 0 Å². The molecule has 2 heterocycles. The first kappa shape index (κ1) is 6.71. The SMILES string of the molecule is O=C1Cc2ncnc3onc(c23)C1. The summed E-state index contributed by atoms with van der Waals surface area (Å²) < 4.78 is 4.96. The molecule has 0 aliphatic heterocycles. The molecule has 13 heavy (non-hydrogen) atoms. The van der Waals surface area contributed by atoms with E-state index < -0.39 is 0 Å². The first-order valence-electron chi connectivity index (χ1n) is 3.94. The molecular weight excluding hydrogens is 170 g/mol. The largest absolute Gasteiger partial charge is 0.335 e. The van der Waals surface area contributed by atoms with Gasteiger partial charge >= 0.3 is 0 Å². The average Bonchev–Trinajstić information content (AvgIpc) is 2.50. The Kier molecular flexibility index (Phi) is 1.10. The third kappa shape index (κ3) is 0.809. The number of ketones is 1. The summed E-state index contributed by atoms with van der Waals surface area (Å²) in [5, 5.41) is 4.60. The zero-order chi connectivity index (χ0) is 8.84. The number of carbonyl (C=O) groups is 1. The minimum absolute atomic E-state index is 0.126. The third-order valence-electron chi connectivity index (χ3n) is 2.15. The molecule has 0 unspecified atom stereocenters. The van der Waals surface area contributed by atoms with Gasteiger partial charge in [0, 0.05) is 0 Å². The highest BCUT2D eigenvalue weighted by atomic mass is 16.5. The normalized spacial score (nSPS) is 15.2. The fourth-order valence-corrected chi connectivity index (χ4v) is 1.60. The van der Waals surface area contributed by atoms with Crippen LogP contribution in [0.3, 0.4) is 0 Å². The first-order valence-corrected chi connectivity index (χ1v) is 3.94. The minimum atomic E-state index is 0.126. The molecule has 5 nitrogen and oxygen atoms in total. The van der Waals surface area contributed by atoms with Gasteiger partial charge in [0.2, 0.25) is 0 Å². The van der Waals surface area contributed by atoms with Gasteiger partial charge in [0.25, 0.3) is 5.71 Å². The Morgan fingerprint density at radius 3 is 3.00 bits per heavy atom. The van der Waals surface area contributed by atoms with Crippen LogP contribution in [0.4, 0.5) is 0 Å². The number of hydrogen-bond acceptors (Lipinski definition) is 5. The van der Waals surface area contributed by atoms with Crippen LogP contribution in [-0.2, 0) is 17.6 Å². The molecule has 0 bridgehead atoms. The molecule has 0 amide bonds. The van der Waals surface area contributed by atoms with Crippen LogP contribution in [0.15, 0.2) is 10.9 Å². The van der Waals surface area contributed by atoms with Crippen LogP contribution in [0, 0.1) is 0 Å². The first-order chi connectivity index (χ1) is 6.34. The van der Waals surface area contributed by atoms with Gasteiger partial charge in [-0.15, -0.1) is 0 Å². The van der Waals surface area contributed by atoms with E-state index in [1.54, 1.807) is 0 Å². The number of carbonyl (C=O) groups excluding carboxylic acids is 1. The molecule has 1 aliphatic carbocycles. The summed E-state index contributed by atoms with van der Waals surface area (Å²) in [5.41, 5.74) is 1.88. The van der Waals surface area contributed by atoms with Crippen molar-refractivity contribution in [2.24, 2.45) is 0 Å². The van der Waals surface area contributed by atoms with Crippen molar-refractivity contribution in [2.75, 3.05) is 0 Å². The molecule has 5 heteroatoms. The maximum atomic E-state index is 11.2. The average molecular weight is 175 g/mol. The molecule has 0 spiro atoms. The number of nitrogens with zero attached hydrogens (tertiary/aromatic N) is 3. The lowest BCUT2D eigenvalue weighted by Crippen LogP contribution is -2.14. The van der Waals surface area contributed by atoms with Gasteiger partial charge in [-0.3, -0.25) is 4.79 Å². The van der Waals surface area contributed by atoms with E-state index >= 15 is 0 Å². The molecule has 0 radical (unpaired) electrons. The number of aromatic nitrogens is 3. The lowest BCUT2D eigenvalue weighted by Gasteiger charge is -2.05. The fourth-order valence-electron chi connectivity index (χ4n) is 1.60. The van der Waals surface area contributed by atoms with Crippen molar-refractivity contribution in [3.8, 4) is 0 Å². The standard InChI is InChI=1S/C8H5N3O2/c12-4-1-5-7-6(2-4)11-13-8(7)10-3-9-5/h3H,1-2H2. The Bertz CT molecular complexity index is 503. The van der Waals surface area contributed by atoms with Gasteiger partial charge in [0.1, 0.15) is 17.8 Å². The maximum Gasteiger partial charge on any atom is 0.261 e. The lowest BCUT2D eigenvalue weighted by atomic mass is 10.00. The van der Waals surface area contributed by atoms with Gasteiger partial charge in [-0.05, 0) is 0 Å². The van der Waals surface area contributed by atoms with Crippen LogP contribution in [0.5, 0.6) is 0 Å². The summed E-state index contributed by atoms with van der Waals surface area (Å²) in [6, 6.07) is 0. The Balaban J connectivity index is 2.44. The highest BCUT2D eigenvalue weighted by Crippen LogP contribution is 2.24. The second-order valence-corrected chi connectivity index (χ2v) is 3.02. The van der Waals surface area contributed by atoms with Crippen molar-refractivity contribution in [3.63, 3.8) is 0 Å². The molecule has 3 rings (SSSR count). The molecule has 1 aliphatic rings. The van der Waals surface area contributed by atoms with Crippen molar-refractivity contribution >= 4 is 16.9 Å². The summed E-state index contributed by atoms with van der Waals surface area (Å²) >= 11 is 0. The van der Waals surface area contributed by atoms with E-state index in [4.69, 9.17) is 4.52 Å². The quantitative estimate of drug-likeness (QED) is 0.575. The zero-order valence-corrected chi connectivity index (χ0v) is 6.65. The predicted octanol–water partition coefficient (Wildman–Crippen LogP) is 0.285. The van der Waals surface area contributed by atoms with Gasteiger partial charge in [-0.25, -0.2) is 4.98 Å². The second kappa shape index (κ2) is 2.12. The molecule has 0 atom stereocenters. The van der Waals surface area contributed by atoms with E-state index in [1.165, 1.54) is 6.33 Å². The van der Waals surface area contributed by atoms with E-state index in [0.29, 0.717) is 24.2 Å². The van der Waals surface area contributed by atoms with Crippen molar-refractivity contribution in [1.82, 2.24) is 15.1 Å². The summed E-state index contributed by atoms with van der Waals surface area (Å²) in [4.78, 5) is 19.2. The molecule has 2 aromatic rings. The van der Waals surface area contributed by atoms with E-state index in [2.05, 4.69) is 15.1 Å². The van der Waals surface area contributed by atoms with Crippen LogP contribution < -0.4 is 0 Å². The van der Waals surface area contributed by atoms with Gasteiger partial charge in [0.05, 0.1) is 23.9 Å². The molecule has 0 aromatic carbocycles. The summed E-state index contributed by atoms with van der Waals surface area (Å²) in [5.74, 6) is 0.126. The Labute approximate surface area is 72.8 Å². The van der Waals surface area contributed by atoms with Crippen molar-refractivity contribution in [2.45, 2.75) is 12.8 Å². The monoisotopic (exact) mass is 175 g/mol. The zero-order valence-electron chi connectivity index (χ0n) is 6.65. The van der Waals surface area contributed by atoms with E-state index in [-0.39, 0.29) is 5.78 Å². The molecule has 2 aromatic heterocycles. The van der Waals surface area contributed by atoms with Gasteiger partial charge in [-0.2, -0.15) is 4.98 Å². The number of Topliss-reactive ketones (excluding diaryl/α,β-unsaturated/α-hetero) is 1. The second-order valence-electron chi connectivity index (χ2n) is 3.02. The predicted molar refractivity (Wildman–Crippen MR) is 42.0 cm³/mol. The number of rotatable bonds is 0. The van der Waals surface area contributed by atoms with Gasteiger partial charge in [0.15, 0.2) is 0 Å². The van der Waals surface area contributed by atoms with Gasteiger partial charge < -0.3 is 4.52 Å². The van der Waals surface area contributed by atoms with Crippen LogP contribution in [-0.4, -0.2) is 20.9 Å². The molecule has 64 valence electrons. The third-order valence-corrected chi connectivity index (χ3v) is 2.15. The van der Waals surface area contributed by atoms with Crippen LogP contribution in [0.25, 0.3) is 11.1 Å². The summed E-state index contributed by atoms with van der Waals surface area (Å²) in [6.45, 7) is 0. The Hall–Kier alpha value is -1.78. The Morgan fingerprint density at radius 1 is 1.23 bits per heavy atom. The van der Waals surface area contributed by atoms with Crippen molar-refractivity contribution < 1.29 is 9.32 Å². The summed E-state index contributed by atoms with van der Waals surface area (Å²) in [6.07, 6.45) is 2.10. The Morgan fingerprint density at radius 2 is 2.08 bits per heavy atom. The molecule has 0 saturated heterocycles. The molecule has 0 saturated carbocycles. The molecular formula is C8H5N3O2. The van der Waals surface area contributed by atoms with Crippen molar-refractivity contribution in [3.05, 3.63) is 17.7 Å². The molecule has 0 fully saturated rings. The van der Waals surface area contributed by atoms with Crippen molar-refractivity contribution in [1.29, 1.82) is 0 Å². The van der Waals surface area contributed by atoms with Crippen LogP contribution in [0.2, 0.25) is 0 Å². The van der Waals surface area contributed by atoms with Crippen LogP contribution in [0.1, 0.15) is 11.4 Å². The highest BCUT2D eigenvalue weighted by Gasteiger charge is 2.23. The highest BCUT2D eigenvalue weighted by molar-refractivity contribution is 5.94.